The van der Waals surface area contributed by atoms with E-state index in [-0.39, 0.29) is 23.2 Å². The summed E-state index contributed by atoms with van der Waals surface area (Å²) in [6.07, 6.45) is 0.929. The molecule has 0 aliphatic carbocycles. The molecule has 0 bridgehead atoms. The summed E-state index contributed by atoms with van der Waals surface area (Å²) in [6.45, 7) is 7.80. The van der Waals surface area contributed by atoms with Gasteiger partial charge in [0.15, 0.2) is 6.04 Å². The summed E-state index contributed by atoms with van der Waals surface area (Å²) in [7, 11) is 4.12. The molecule has 2 N–H and O–H groups in total. The average Bonchev–Trinajstić information content (AvgIpc) is 2.76. The molecule has 0 spiro atoms. The van der Waals surface area contributed by atoms with Crippen LogP contribution in [0.1, 0.15) is 46.0 Å². The van der Waals surface area contributed by atoms with Crippen molar-refractivity contribution in [1.29, 1.82) is 0 Å². The Hall–Kier alpha value is -1.08. The average molecular weight is 301 g/mol. The molecule has 0 saturated heterocycles. The number of nitrogens with zero attached hydrogens (tertiary/aromatic N) is 2. The fourth-order valence-electron chi connectivity index (χ4n) is 1.85. The third kappa shape index (κ3) is 4.79. The highest BCUT2D eigenvalue weighted by Gasteiger charge is 2.24. The maximum atomic E-state index is 11.8. The lowest BCUT2D eigenvalue weighted by Crippen LogP contribution is -3.06. The van der Waals surface area contributed by atoms with Crippen LogP contribution in [0.2, 0.25) is 0 Å². The van der Waals surface area contributed by atoms with E-state index in [1.165, 1.54) is 16.7 Å². The predicted molar refractivity (Wildman–Crippen MR) is 78.7 cm³/mol. The molecule has 0 radical (unpaired) electrons. The van der Waals surface area contributed by atoms with Crippen LogP contribution in [0.3, 0.4) is 0 Å². The smallest absolute Gasteiger partial charge is 0.277 e. The van der Waals surface area contributed by atoms with Gasteiger partial charge < -0.3 is 14.6 Å². The van der Waals surface area contributed by atoms with E-state index in [4.69, 9.17) is 4.42 Å². The predicted octanol–water partition coefficient (Wildman–Crippen LogP) is 0.670. The zero-order valence-electron chi connectivity index (χ0n) is 13.1. The minimum atomic E-state index is -0.252. The lowest BCUT2D eigenvalue weighted by molar-refractivity contribution is -0.894. The molecular formula is C13H25N4O2S+. The van der Waals surface area contributed by atoms with Crippen molar-refractivity contribution >= 4 is 17.7 Å². The highest BCUT2D eigenvalue weighted by atomic mass is 32.2. The van der Waals surface area contributed by atoms with Crippen molar-refractivity contribution in [1.82, 2.24) is 15.5 Å². The minimum Gasteiger partial charge on any atom is -0.410 e. The molecule has 1 amide bonds. The van der Waals surface area contributed by atoms with Gasteiger partial charge in [-0.05, 0) is 20.8 Å². The monoisotopic (exact) mass is 301 g/mol. The molecule has 2 atom stereocenters. The molecule has 7 heteroatoms. The normalized spacial score (nSPS) is 14.6. The van der Waals surface area contributed by atoms with Gasteiger partial charge in [-0.3, -0.25) is 4.79 Å². The van der Waals surface area contributed by atoms with Crippen molar-refractivity contribution < 1.29 is 14.1 Å². The minimum absolute atomic E-state index is 0.0185. The quantitative estimate of drug-likeness (QED) is 0.724. The number of nitrogens with one attached hydrogen (secondary N) is 2. The Balaban J connectivity index is 2.66. The van der Waals surface area contributed by atoms with E-state index in [2.05, 4.69) is 36.5 Å². The van der Waals surface area contributed by atoms with E-state index in [9.17, 15) is 4.79 Å². The molecule has 0 saturated carbocycles. The Morgan fingerprint density at radius 3 is 2.50 bits per heavy atom. The summed E-state index contributed by atoms with van der Waals surface area (Å²) in [5.41, 5.74) is 0. The van der Waals surface area contributed by atoms with E-state index in [0.717, 1.165) is 6.42 Å². The lowest BCUT2D eigenvalue weighted by Gasteiger charge is -2.15. The number of hydrogen-bond acceptors (Lipinski definition) is 5. The third-order valence-electron chi connectivity index (χ3n) is 2.90. The Bertz CT molecular complexity index is 434. The molecule has 1 aromatic heterocycles. The fraction of sp³-hybridized carbons (Fsp3) is 0.769. The van der Waals surface area contributed by atoms with Crippen molar-refractivity contribution in [2.24, 2.45) is 0 Å². The molecule has 0 aliphatic heterocycles. The Morgan fingerprint density at radius 2 is 2.00 bits per heavy atom. The number of carbonyl (C=O) groups excluding carboxylic acids is 1. The van der Waals surface area contributed by atoms with E-state index in [1.807, 2.05) is 20.8 Å². The van der Waals surface area contributed by atoms with Crippen molar-refractivity contribution in [3.63, 3.8) is 0 Å². The third-order valence-corrected chi connectivity index (χ3v) is 3.84. The number of rotatable bonds is 7. The second-order valence-corrected chi connectivity index (χ2v) is 6.66. The molecule has 0 aromatic carbocycles. The van der Waals surface area contributed by atoms with Crippen LogP contribution < -0.4 is 10.2 Å². The second kappa shape index (κ2) is 7.64. The number of aromatic nitrogens is 2. The van der Waals surface area contributed by atoms with Gasteiger partial charge in [-0.2, -0.15) is 0 Å². The number of carbonyl (C=O) groups is 1. The maximum absolute atomic E-state index is 11.8. The van der Waals surface area contributed by atoms with E-state index >= 15 is 0 Å². The highest BCUT2D eigenvalue weighted by Crippen LogP contribution is 2.24. The van der Waals surface area contributed by atoms with Gasteiger partial charge in [-0.25, -0.2) is 0 Å². The molecule has 0 fully saturated rings. The van der Waals surface area contributed by atoms with Crippen LogP contribution in [-0.4, -0.2) is 41.5 Å². The molecule has 1 rings (SSSR count). The van der Waals surface area contributed by atoms with E-state index in [0.29, 0.717) is 11.1 Å². The Morgan fingerprint density at radius 1 is 1.35 bits per heavy atom. The van der Waals surface area contributed by atoms with Crippen LogP contribution in [0.15, 0.2) is 9.64 Å². The zero-order valence-corrected chi connectivity index (χ0v) is 13.9. The summed E-state index contributed by atoms with van der Waals surface area (Å²) < 4.78 is 5.66. The van der Waals surface area contributed by atoms with Crippen molar-refractivity contribution in [2.45, 2.75) is 56.7 Å². The molecule has 20 heavy (non-hydrogen) atoms. The first-order valence-electron chi connectivity index (χ1n) is 6.95. The number of quaternary nitrogens is 1. The van der Waals surface area contributed by atoms with Gasteiger partial charge in [-0.1, -0.05) is 18.7 Å². The van der Waals surface area contributed by atoms with Gasteiger partial charge in [0, 0.05) is 12.5 Å². The summed E-state index contributed by atoms with van der Waals surface area (Å²) in [5, 5.41) is 11.2. The van der Waals surface area contributed by atoms with Gasteiger partial charge in [0.25, 0.3) is 11.1 Å². The summed E-state index contributed by atoms with van der Waals surface area (Å²) >= 11 is 1.29. The molecule has 114 valence electrons. The summed E-state index contributed by atoms with van der Waals surface area (Å²) in [6, 6.07) is 0.322. The van der Waals surface area contributed by atoms with Crippen molar-refractivity contribution in [3.8, 4) is 0 Å². The number of amides is 1. The Kier molecular flexibility index (Phi) is 6.48. The first-order valence-corrected chi connectivity index (χ1v) is 7.83. The van der Waals surface area contributed by atoms with Crippen molar-refractivity contribution in [2.75, 3.05) is 14.1 Å². The molecule has 6 nitrogen and oxygen atoms in total. The van der Waals surface area contributed by atoms with Gasteiger partial charge in [0.2, 0.25) is 5.91 Å². The summed E-state index contributed by atoms with van der Waals surface area (Å²) in [5.74, 6) is 0.612. The number of thioether (sulfide) groups is 1. The maximum Gasteiger partial charge on any atom is 0.277 e. The van der Waals surface area contributed by atoms with Gasteiger partial charge >= 0.3 is 0 Å². The molecule has 1 heterocycles. The molecular weight excluding hydrogens is 276 g/mol. The van der Waals surface area contributed by atoms with Gasteiger partial charge in [0.1, 0.15) is 0 Å². The lowest BCUT2D eigenvalue weighted by atomic mass is 10.2. The van der Waals surface area contributed by atoms with Crippen LogP contribution in [0.4, 0.5) is 0 Å². The molecule has 0 aliphatic rings. The first kappa shape index (κ1) is 17.0. The zero-order chi connectivity index (χ0) is 15.3. The second-order valence-electron chi connectivity index (χ2n) is 5.37. The van der Waals surface area contributed by atoms with E-state index < -0.39 is 0 Å². The first-order chi connectivity index (χ1) is 9.35. The van der Waals surface area contributed by atoms with Gasteiger partial charge in [0.05, 0.1) is 19.3 Å². The molecule has 1 aromatic rings. The largest absolute Gasteiger partial charge is 0.410 e. The fourth-order valence-corrected chi connectivity index (χ4v) is 2.54. The summed E-state index contributed by atoms with van der Waals surface area (Å²) in [4.78, 5) is 13.1. The SMILES string of the molecule is CC[C@@H](c1nnc(S[C@@H](C)C(=O)NC(C)C)o1)[NH+](C)C. The highest BCUT2D eigenvalue weighted by molar-refractivity contribution is 8.00. The van der Waals surface area contributed by atoms with Crippen LogP contribution in [0.5, 0.6) is 0 Å². The standard InChI is InChI=1S/C13H24N4O2S/c1-7-10(17(5)6)12-15-16-13(19-12)20-9(4)11(18)14-8(2)3/h8-10H,7H2,1-6H3,(H,14,18)/p+1/t9-,10-/m0/s1. The van der Waals surface area contributed by atoms with Crippen LogP contribution >= 0.6 is 11.8 Å². The van der Waals surface area contributed by atoms with E-state index in [1.54, 1.807) is 0 Å². The Labute approximate surface area is 124 Å². The number of hydrogen-bond donors (Lipinski definition) is 2. The van der Waals surface area contributed by atoms with Gasteiger partial charge in [-0.15, -0.1) is 10.2 Å². The van der Waals surface area contributed by atoms with Crippen LogP contribution in [-0.2, 0) is 4.79 Å². The van der Waals surface area contributed by atoms with Crippen LogP contribution in [0.25, 0.3) is 0 Å². The topological polar surface area (TPSA) is 72.5 Å². The molecule has 0 unspecified atom stereocenters. The van der Waals surface area contributed by atoms with Crippen LogP contribution in [0, 0.1) is 0 Å². The van der Waals surface area contributed by atoms with Crippen molar-refractivity contribution in [3.05, 3.63) is 5.89 Å².